The van der Waals surface area contributed by atoms with Crippen molar-refractivity contribution in [1.82, 2.24) is 20.2 Å². The van der Waals surface area contributed by atoms with Gasteiger partial charge in [0.2, 0.25) is 0 Å². The third-order valence-corrected chi connectivity index (χ3v) is 6.58. The molecule has 2 amide bonds. The van der Waals surface area contributed by atoms with Gasteiger partial charge in [-0.3, -0.25) is 9.59 Å². The smallest absolute Gasteiger partial charge is 0.261 e. The highest BCUT2D eigenvalue weighted by Gasteiger charge is 2.33. The van der Waals surface area contributed by atoms with Crippen molar-refractivity contribution in [3.63, 3.8) is 0 Å². The minimum atomic E-state index is -0.118. The molecule has 0 spiro atoms. The molecule has 1 fully saturated rings. The zero-order chi connectivity index (χ0) is 21.8. The Labute approximate surface area is 184 Å². The third-order valence-electron chi connectivity index (χ3n) is 5.45. The van der Waals surface area contributed by atoms with Gasteiger partial charge in [-0.2, -0.15) is 0 Å². The molecule has 1 aliphatic rings. The Morgan fingerprint density at radius 2 is 2.16 bits per heavy atom. The molecular formula is C22H25N5O3S. The number of likely N-dealkylation sites (tertiary alicyclic amines) is 1. The normalized spacial score (nSPS) is 15.9. The van der Waals surface area contributed by atoms with Gasteiger partial charge < -0.3 is 20.3 Å². The lowest BCUT2D eigenvalue weighted by Crippen LogP contribution is -2.29. The third kappa shape index (κ3) is 4.38. The van der Waals surface area contributed by atoms with Gasteiger partial charge in [-0.25, -0.2) is 9.97 Å². The first-order valence-electron chi connectivity index (χ1n) is 10.2. The zero-order valence-electron chi connectivity index (χ0n) is 17.6. The van der Waals surface area contributed by atoms with Crippen LogP contribution in [-0.4, -0.2) is 67.1 Å². The van der Waals surface area contributed by atoms with E-state index < -0.39 is 0 Å². The molecule has 0 unspecified atom stereocenters. The van der Waals surface area contributed by atoms with Crippen LogP contribution >= 0.6 is 11.3 Å². The van der Waals surface area contributed by atoms with Gasteiger partial charge in [0, 0.05) is 63.1 Å². The Morgan fingerprint density at radius 1 is 1.29 bits per heavy atom. The summed E-state index contributed by atoms with van der Waals surface area (Å²) in [7, 11) is 3.38. The Hall–Kier alpha value is -3.04. The average molecular weight is 440 g/mol. The summed E-state index contributed by atoms with van der Waals surface area (Å²) in [5.41, 5.74) is 1.60. The van der Waals surface area contributed by atoms with Crippen molar-refractivity contribution in [3.05, 3.63) is 52.7 Å². The van der Waals surface area contributed by atoms with E-state index in [1.54, 1.807) is 38.7 Å². The van der Waals surface area contributed by atoms with Crippen LogP contribution < -0.4 is 10.6 Å². The number of anilines is 1. The highest BCUT2D eigenvalue weighted by Crippen LogP contribution is 2.39. The Morgan fingerprint density at radius 3 is 2.97 bits per heavy atom. The summed E-state index contributed by atoms with van der Waals surface area (Å²) < 4.78 is 5.04. The summed E-state index contributed by atoms with van der Waals surface area (Å²) in [6.45, 7) is 2.11. The second kappa shape index (κ2) is 9.40. The predicted molar refractivity (Wildman–Crippen MR) is 121 cm³/mol. The van der Waals surface area contributed by atoms with Crippen molar-refractivity contribution in [2.75, 3.05) is 45.7 Å². The molecule has 3 aromatic heterocycles. The number of hydrogen-bond donors (Lipinski definition) is 2. The Balaban J connectivity index is 1.59. The minimum absolute atomic E-state index is 0.0230. The second-order valence-electron chi connectivity index (χ2n) is 7.37. The lowest BCUT2D eigenvalue weighted by atomic mass is 9.95. The van der Waals surface area contributed by atoms with Crippen LogP contribution in [0.25, 0.3) is 10.2 Å². The van der Waals surface area contributed by atoms with E-state index in [-0.39, 0.29) is 17.7 Å². The van der Waals surface area contributed by atoms with Crippen LogP contribution in [0, 0.1) is 0 Å². The van der Waals surface area contributed by atoms with Gasteiger partial charge in [-0.15, -0.1) is 11.3 Å². The molecule has 31 heavy (non-hydrogen) atoms. The number of ether oxygens (including phenoxy) is 1. The summed E-state index contributed by atoms with van der Waals surface area (Å²) in [6.07, 6.45) is 4.17. The number of nitrogens with one attached hydrogen (secondary N) is 2. The molecule has 0 aliphatic carbocycles. The van der Waals surface area contributed by atoms with Gasteiger partial charge in [0.1, 0.15) is 10.6 Å². The number of nitrogens with zero attached hydrogens (tertiary/aromatic N) is 3. The SMILES string of the molecule is CNc1cc(C(=O)N2CC[C@H](c3c(C(=O)NCCOC)sc4ncccc34)C2)ccn1. The number of rotatable bonds is 7. The molecule has 4 heterocycles. The van der Waals surface area contributed by atoms with E-state index in [0.717, 1.165) is 22.2 Å². The van der Waals surface area contributed by atoms with Crippen molar-refractivity contribution < 1.29 is 14.3 Å². The maximum absolute atomic E-state index is 13.1. The molecule has 1 aliphatic heterocycles. The van der Waals surface area contributed by atoms with Crippen LogP contribution in [-0.2, 0) is 4.74 Å². The first-order valence-corrected chi connectivity index (χ1v) is 11.0. The molecule has 9 heteroatoms. The maximum Gasteiger partial charge on any atom is 0.261 e. The van der Waals surface area contributed by atoms with Gasteiger partial charge >= 0.3 is 0 Å². The minimum Gasteiger partial charge on any atom is -0.383 e. The number of fused-ring (bicyclic) bond motifs is 1. The molecule has 162 valence electrons. The number of amides is 2. The second-order valence-corrected chi connectivity index (χ2v) is 8.37. The summed E-state index contributed by atoms with van der Waals surface area (Å²) >= 11 is 1.40. The van der Waals surface area contributed by atoms with Crippen LogP contribution in [0.1, 0.15) is 37.9 Å². The number of methoxy groups -OCH3 is 1. The molecule has 2 N–H and O–H groups in total. The highest BCUT2D eigenvalue weighted by molar-refractivity contribution is 7.20. The Bertz CT molecular complexity index is 1100. The van der Waals surface area contributed by atoms with Crippen molar-refractivity contribution in [2.45, 2.75) is 12.3 Å². The zero-order valence-corrected chi connectivity index (χ0v) is 18.4. The molecule has 0 aromatic carbocycles. The van der Waals surface area contributed by atoms with Crippen molar-refractivity contribution >= 4 is 39.2 Å². The fraction of sp³-hybridized carbons (Fsp3) is 0.364. The van der Waals surface area contributed by atoms with Gasteiger partial charge in [0.25, 0.3) is 11.8 Å². The van der Waals surface area contributed by atoms with Crippen molar-refractivity contribution in [3.8, 4) is 0 Å². The molecule has 4 rings (SSSR count). The predicted octanol–water partition coefficient (Wildman–Crippen LogP) is 2.74. The molecule has 8 nitrogen and oxygen atoms in total. The fourth-order valence-corrected chi connectivity index (χ4v) is 5.08. The van der Waals surface area contributed by atoms with Crippen LogP contribution in [0.15, 0.2) is 36.7 Å². The molecule has 1 atom stereocenters. The van der Waals surface area contributed by atoms with Crippen LogP contribution in [0.4, 0.5) is 5.82 Å². The highest BCUT2D eigenvalue weighted by atomic mass is 32.1. The van der Waals surface area contributed by atoms with E-state index in [4.69, 9.17) is 4.74 Å². The maximum atomic E-state index is 13.1. The lowest BCUT2D eigenvalue weighted by molar-refractivity contribution is 0.0790. The van der Waals surface area contributed by atoms with Gasteiger partial charge in [-0.1, -0.05) is 6.07 Å². The van der Waals surface area contributed by atoms with Gasteiger partial charge in [0.15, 0.2) is 0 Å². The van der Waals surface area contributed by atoms with Gasteiger partial charge in [0.05, 0.1) is 11.5 Å². The van der Waals surface area contributed by atoms with E-state index in [9.17, 15) is 9.59 Å². The van der Waals surface area contributed by atoms with E-state index in [2.05, 4.69) is 20.6 Å². The Kier molecular flexibility index (Phi) is 6.43. The number of pyridine rings is 2. The topological polar surface area (TPSA) is 96.5 Å². The van der Waals surface area contributed by atoms with Crippen LogP contribution in [0.3, 0.4) is 0 Å². The quantitative estimate of drug-likeness (QED) is 0.550. The molecule has 0 saturated carbocycles. The molecule has 1 saturated heterocycles. The number of hydrogen-bond acceptors (Lipinski definition) is 7. The molecular weight excluding hydrogens is 414 g/mol. The number of thiophene rings is 1. The summed E-state index contributed by atoms with van der Waals surface area (Å²) in [5.74, 6) is 0.597. The average Bonchev–Trinajstić information content (AvgIpc) is 3.43. The molecule has 0 radical (unpaired) electrons. The van der Waals surface area contributed by atoms with E-state index >= 15 is 0 Å². The summed E-state index contributed by atoms with van der Waals surface area (Å²) in [5, 5.41) is 6.88. The first-order chi connectivity index (χ1) is 15.1. The monoisotopic (exact) mass is 439 g/mol. The number of carbonyl (C=O) groups is 2. The lowest BCUT2D eigenvalue weighted by Gasteiger charge is -2.17. The van der Waals surface area contributed by atoms with E-state index in [0.29, 0.717) is 42.5 Å². The summed E-state index contributed by atoms with van der Waals surface area (Å²) in [4.78, 5) is 37.9. The first kappa shape index (κ1) is 21.2. The van der Waals surface area contributed by atoms with Crippen LogP contribution in [0.5, 0.6) is 0 Å². The van der Waals surface area contributed by atoms with E-state index in [1.165, 1.54) is 11.3 Å². The number of aromatic nitrogens is 2. The largest absolute Gasteiger partial charge is 0.383 e. The number of carbonyl (C=O) groups excluding carboxylic acids is 2. The van der Waals surface area contributed by atoms with Crippen molar-refractivity contribution in [2.24, 2.45) is 0 Å². The fourth-order valence-electron chi connectivity index (χ4n) is 3.94. The summed E-state index contributed by atoms with van der Waals surface area (Å²) in [6, 6.07) is 7.38. The van der Waals surface area contributed by atoms with Gasteiger partial charge in [-0.05, 0) is 30.2 Å². The molecule has 3 aromatic rings. The standard InChI is InChI=1S/C22H25N5O3S/c1-23-17-12-14(5-8-24-17)22(29)27-10-6-15(13-27)18-16-4-3-7-26-21(16)31-19(18)20(28)25-9-11-30-2/h3-5,7-8,12,15H,6,9-11,13H2,1-2H3,(H,23,24)(H,25,28)/t15-/m0/s1. The van der Waals surface area contributed by atoms with Crippen LogP contribution in [0.2, 0.25) is 0 Å². The van der Waals surface area contributed by atoms with E-state index in [1.807, 2.05) is 17.0 Å². The van der Waals surface area contributed by atoms with Crippen molar-refractivity contribution in [1.29, 1.82) is 0 Å². The molecule has 0 bridgehead atoms.